The van der Waals surface area contributed by atoms with Gasteiger partial charge in [0.1, 0.15) is 6.42 Å². The van der Waals surface area contributed by atoms with Gasteiger partial charge in [-0.3, -0.25) is 4.79 Å². The van der Waals surface area contributed by atoms with Crippen molar-refractivity contribution in [3.05, 3.63) is 35.7 Å². The molecule has 0 saturated carbocycles. The normalized spacial score (nSPS) is 11.2. The van der Waals surface area contributed by atoms with Crippen molar-refractivity contribution in [3.63, 3.8) is 0 Å². The van der Waals surface area contributed by atoms with Crippen LogP contribution in [0.5, 0.6) is 0 Å². The van der Waals surface area contributed by atoms with Crippen LogP contribution >= 0.6 is 0 Å². The fourth-order valence-electron chi connectivity index (χ4n) is 2.12. The van der Waals surface area contributed by atoms with Crippen LogP contribution in [0.25, 0.3) is 11.5 Å². The van der Waals surface area contributed by atoms with Crippen LogP contribution in [0, 0.1) is 0 Å². The second-order valence-electron chi connectivity index (χ2n) is 5.61. The minimum atomic E-state index is -4.43. The highest BCUT2D eigenvalue weighted by molar-refractivity contribution is 5.74. The number of urea groups is 1. The first-order valence-corrected chi connectivity index (χ1v) is 7.95. The zero-order valence-electron chi connectivity index (χ0n) is 14.0. The molecule has 0 unspecified atom stereocenters. The molecule has 0 radical (unpaired) electrons. The molecule has 2 amide bonds. The van der Waals surface area contributed by atoms with E-state index in [4.69, 9.17) is 9.63 Å². The van der Waals surface area contributed by atoms with E-state index in [1.165, 1.54) is 0 Å². The summed E-state index contributed by atoms with van der Waals surface area (Å²) in [5.74, 6) is -1.44. The van der Waals surface area contributed by atoms with Crippen LogP contribution in [0.15, 0.2) is 28.8 Å². The molecule has 0 atom stereocenters. The third kappa shape index (κ3) is 7.34. The minimum Gasteiger partial charge on any atom is -0.481 e. The molecule has 0 fully saturated rings. The van der Waals surface area contributed by atoms with Crippen LogP contribution in [0.4, 0.5) is 18.0 Å². The van der Waals surface area contributed by atoms with Crippen molar-refractivity contribution in [2.24, 2.45) is 0 Å². The fraction of sp³-hybridized carbons (Fsp3) is 0.375. The van der Waals surface area contributed by atoms with Crippen LogP contribution in [0.2, 0.25) is 0 Å². The summed E-state index contributed by atoms with van der Waals surface area (Å²) in [6.07, 6.45) is -5.43. The summed E-state index contributed by atoms with van der Waals surface area (Å²) < 4.78 is 41.9. The van der Waals surface area contributed by atoms with Crippen molar-refractivity contribution >= 4 is 12.0 Å². The first-order chi connectivity index (χ1) is 12.7. The number of carboxylic acids is 1. The van der Waals surface area contributed by atoms with Gasteiger partial charge in [-0.1, -0.05) is 17.3 Å². The van der Waals surface area contributed by atoms with E-state index in [-0.39, 0.29) is 25.4 Å². The lowest BCUT2D eigenvalue weighted by atomic mass is 10.1. The Hall–Kier alpha value is -3.11. The molecule has 0 spiro atoms. The highest BCUT2D eigenvalue weighted by Gasteiger charge is 2.30. The van der Waals surface area contributed by atoms with Crippen molar-refractivity contribution in [2.75, 3.05) is 6.54 Å². The zero-order chi connectivity index (χ0) is 19.9. The van der Waals surface area contributed by atoms with Gasteiger partial charge in [0.15, 0.2) is 5.82 Å². The molecule has 3 N–H and O–H groups in total. The van der Waals surface area contributed by atoms with Crippen LogP contribution in [-0.4, -0.2) is 40.0 Å². The van der Waals surface area contributed by atoms with E-state index in [2.05, 4.69) is 20.8 Å². The summed E-state index contributed by atoms with van der Waals surface area (Å²) in [6, 6.07) is 6.10. The minimum absolute atomic E-state index is 0.0389. The summed E-state index contributed by atoms with van der Waals surface area (Å²) in [5.41, 5.74) is 1.10. The second-order valence-corrected chi connectivity index (χ2v) is 5.61. The molecule has 2 aromatic rings. The summed E-state index contributed by atoms with van der Waals surface area (Å²) in [4.78, 5) is 25.7. The molecule has 0 aliphatic carbocycles. The number of rotatable bonds is 8. The number of carboxylic acid groups (broad SMARTS) is 1. The molecule has 2 rings (SSSR count). The predicted octanol–water partition coefficient (Wildman–Crippen LogP) is 2.51. The first-order valence-electron chi connectivity index (χ1n) is 7.95. The molecule has 0 bridgehead atoms. The van der Waals surface area contributed by atoms with E-state index in [1.807, 2.05) is 0 Å². The van der Waals surface area contributed by atoms with Crippen LogP contribution in [0.1, 0.15) is 24.2 Å². The summed E-state index contributed by atoms with van der Waals surface area (Å²) >= 11 is 0. The second kappa shape index (κ2) is 9.01. The lowest BCUT2D eigenvalue weighted by molar-refractivity contribution is -0.137. The zero-order valence-corrected chi connectivity index (χ0v) is 14.0. The molecule has 0 saturated heterocycles. The van der Waals surface area contributed by atoms with Gasteiger partial charge in [0.05, 0.1) is 0 Å². The molecule has 27 heavy (non-hydrogen) atoms. The summed E-state index contributed by atoms with van der Waals surface area (Å²) in [6.45, 7) is 0.379. The Bertz CT molecular complexity index is 792. The molecule has 8 nitrogen and oxygen atoms in total. The maximum atomic E-state index is 12.3. The number of halogens is 3. The lowest BCUT2D eigenvalue weighted by Crippen LogP contribution is -2.35. The number of benzene rings is 1. The van der Waals surface area contributed by atoms with Crippen molar-refractivity contribution < 1.29 is 32.4 Å². The average molecular weight is 386 g/mol. The number of nitrogens with zero attached hydrogens (tertiary/aromatic N) is 2. The highest BCUT2D eigenvalue weighted by atomic mass is 19.4. The van der Waals surface area contributed by atoms with Crippen molar-refractivity contribution in [1.29, 1.82) is 0 Å². The number of hydrogen-bond acceptors (Lipinski definition) is 5. The van der Waals surface area contributed by atoms with Gasteiger partial charge in [-0.15, -0.1) is 0 Å². The van der Waals surface area contributed by atoms with E-state index in [0.29, 0.717) is 17.5 Å². The Kier molecular flexibility index (Phi) is 6.74. The molecule has 0 aliphatic heterocycles. The maximum Gasteiger partial charge on any atom is 0.396 e. The van der Waals surface area contributed by atoms with Crippen LogP contribution < -0.4 is 10.6 Å². The summed E-state index contributed by atoms with van der Waals surface area (Å²) in [7, 11) is 0. The Morgan fingerprint density at radius 1 is 1.22 bits per heavy atom. The van der Waals surface area contributed by atoms with Crippen LogP contribution in [-0.2, 0) is 17.8 Å². The number of aromatic nitrogens is 2. The Morgan fingerprint density at radius 3 is 2.70 bits per heavy atom. The number of carbonyl (C=O) groups is 2. The number of carbonyl (C=O) groups excluding carboxylic acids is 1. The third-order valence-electron chi connectivity index (χ3n) is 3.31. The first kappa shape index (κ1) is 20.2. The molecule has 1 heterocycles. The highest BCUT2D eigenvalue weighted by Crippen LogP contribution is 2.23. The SMILES string of the molecule is O=C(O)CCCNC(=O)NCc1cccc(-c2nc(CC(F)(F)F)no2)c1. The van der Waals surface area contributed by atoms with E-state index in [1.54, 1.807) is 24.3 Å². The van der Waals surface area contributed by atoms with Crippen molar-refractivity contribution in [2.45, 2.75) is 32.0 Å². The van der Waals surface area contributed by atoms with E-state index in [0.717, 1.165) is 0 Å². The smallest absolute Gasteiger partial charge is 0.396 e. The summed E-state index contributed by atoms with van der Waals surface area (Å²) in [5, 5.41) is 16.9. The largest absolute Gasteiger partial charge is 0.481 e. The van der Waals surface area contributed by atoms with E-state index in [9.17, 15) is 22.8 Å². The fourth-order valence-corrected chi connectivity index (χ4v) is 2.12. The average Bonchev–Trinajstić information content (AvgIpc) is 3.03. The molecule has 0 aliphatic rings. The third-order valence-corrected chi connectivity index (χ3v) is 3.31. The topological polar surface area (TPSA) is 117 Å². The molecular weight excluding hydrogens is 369 g/mol. The monoisotopic (exact) mass is 386 g/mol. The van der Waals surface area contributed by atoms with Gasteiger partial charge < -0.3 is 20.3 Å². The quantitative estimate of drug-likeness (QED) is 0.600. The number of hydrogen-bond donors (Lipinski definition) is 3. The lowest BCUT2D eigenvalue weighted by Gasteiger charge is -2.07. The number of aliphatic carboxylic acids is 1. The van der Waals surface area contributed by atoms with Crippen molar-refractivity contribution in [3.8, 4) is 11.5 Å². The van der Waals surface area contributed by atoms with Gasteiger partial charge in [-0.05, 0) is 24.1 Å². The van der Waals surface area contributed by atoms with Gasteiger partial charge in [0.2, 0.25) is 0 Å². The molecular formula is C16H17F3N4O4. The van der Waals surface area contributed by atoms with Crippen LogP contribution in [0.3, 0.4) is 0 Å². The Balaban J connectivity index is 1.88. The number of nitrogens with one attached hydrogen (secondary N) is 2. The Labute approximate surface area is 151 Å². The Morgan fingerprint density at radius 2 is 2.00 bits per heavy atom. The van der Waals surface area contributed by atoms with Gasteiger partial charge in [-0.2, -0.15) is 18.2 Å². The van der Waals surface area contributed by atoms with E-state index >= 15 is 0 Å². The molecule has 146 valence electrons. The van der Waals surface area contributed by atoms with Gasteiger partial charge in [-0.25, -0.2) is 4.79 Å². The number of amides is 2. The maximum absolute atomic E-state index is 12.3. The number of alkyl halides is 3. The van der Waals surface area contributed by atoms with Gasteiger partial charge in [0, 0.05) is 25.1 Å². The molecule has 11 heteroatoms. The van der Waals surface area contributed by atoms with E-state index < -0.39 is 30.4 Å². The van der Waals surface area contributed by atoms with Gasteiger partial charge >= 0.3 is 18.2 Å². The predicted molar refractivity (Wildman–Crippen MR) is 86.6 cm³/mol. The molecule has 1 aromatic heterocycles. The van der Waals surface area contributed by atoms with Crippen molar-refractivity contribution in [1.82, 2.24) is 20.8 Å². The molecule has 1 aromatic carbocycles. The van der Waals surface area contributed by atoms with Gasteiger partial charge in [0.25, 0.3) is 5.89 Å². The standard InChI is InChI=1S/C16H17F3N4O4/c17-16(18,19)8-12-22-14(27-23-12)11-4-1-3-10(7-11)9-21-15(26)20-6-2-5-13(24)25/h1,3-4,7H,2,5-6,8-9H2,(H,24,25)(H2,20,21,26).